The summed E-state index contributed by atoms with van der Waals surface area (Å²) < 4.78 is 14.9. The molecule has 0 bridgehead atoms. The summed E-state index contributed by atoms with van der Waals surface area (Å²) in [6.45, 7) is 4.78. The topological polar surface area (TPSA) is 37.8 Å². The molecular formula is C14H14Br2FN3. The van der Waals surface area contributed by atoms with Gasteiger partial charge in [0.1, 0.15) is 11.6 Å². The summed E-state index contributed by atoms with van der Waals surface area (Å²) in [6, 6.07) is 4.89. The molecular weight excluding hydrogens is 389 g/mol. The number of aryl methyl sites for hydroxylation is 1. The lowest BCUT2D eigenvalue weighted by Crippen LogP contribution is -2.06. The Morgan fingerprint density at radius 1 is 1.20 bits per heavy atom. The van der Waals surface area contributed by atoms with E-state index in [1.165, 1.54) is 6.07 Å². The summed E-state index contributed by atoms with van der Waals surface area (Å²) in [4.78, 5) is 8.96. The molecule has 2 rings (SSSR count). The smallest absolute Gasteiger partial charge is 0.161 e. The summed E-state index contributed by atoms with van der Waals surface area (Å²) in [6.07, 6.45) is 0.771. The molecule has 0 amide bonds. The number of anilines is 1. The van der Waals surface area contributed by atoms with Crippen molar-refractivity contribution < 1.29 is 4.39 Å². The van der Waals surface area contributed by atoms with Crippen LogP contribution in [0.5, 0.6) is 0 Å². The van der Waals surface area contributed by atoms with E-state index in [0.29, 0.717) is 15.9 Å². The van der Waals surface area contributed by atoms with Crippen LogP contribution in [-0.2, 0) is 6.42 Å². The van der Waals surface area contributed by atoms with E-state index in [9.17, 15) is 4.39 Å². The maximum absolute atomic E-state index is 13.6. The maximum atomic E-state index is 13.6. The number of benzene rings is 1. The second-order valence-corrected chi connectivity index (χ2v) is 5.82. The molecule has 0 radical (unpaired) electrons. The van der Waals surface area contributed by atoms with Gasteiger partial charge >= 0.3 is 0 Å². The van der Waals surface area contributed by atoms with Crippen LogP contribution < -0.4 is 5.32 Å². The molecule has 106 valence electrons. The minimum atomic E-state index is -0.322. The Hall–Kier alpha value is -1.01. The first kappa shape index (κ1) is 15.4. The van der Waals surface area contributed by atoms with Crippen molar-refractivity contribution in [2.75, 3.05) is 11.9 Å². The standard InChI is InChI=1S/C14H14Br2FN3/c1-3-11-12(16)14(18-4-2)20-13(19-11)8-5-6-9(15)10(17)7-8/h5-7H,3-4H2,1-2H3,(H,18,19,20). The predicted molar refractivity (Wildman–Crippen MR) is 86.4 cm³/mol. The van der Waals surface area contributed by atoms with Gasteiger partial charge in [-0.3, -0.25) is 0 Å². The number of rotatable bonds is 4. The molecule has 0 unspecified atom stereocenters. The van der Waals surface area contributed by atoms with E-state index in [4.69, 9.17) is 0 Å². The van der Waals surface area contributed by atoms with Crippen LogP contribution in [0, 0.1) is 5.82 Å². The summed E-state index contributed by atoms with van der Waals surface area (Å²) >= 11 is 6.65. The average molecular weight is 403 g/mol. The SMILES string of the molecule is CCNc1nc(-c2ccc(Br)c(F)c2)nc(CC)c1Br. The van der Waals surface area contributed by atoms with Gasteiger partial charge in [0.2, 0.25) is 0 Å². The molecule has 0 aliphatic heterocycles. The second-order valence-electron chi connectivity index (χ2n) is 4.17. The van der Waals surface area contributed by atoms with Crippen LogP contribution in [-0.4, -0.2) is 16.5 Å². The van der Waals surface area contributed by atoms with Crippen molar-refractivity contribution in [2.24, 2.45) is 0 Å². The molecule has 0 spiro atoms. The fourth-order valence-electron chi connectivity index (χ4n) is 1.78. The van der Waals surface area contributed by atoms with Crippen LogP contribution in [0.25, 0.3) is 11.4 Å². The van der Waals surface area contributed by atoms with E-state index in [1.54, 1.807) is 12.1 Å². The Balaban J connectivity index is 2.55. The van der Waals surface area contributed by atoms with Crippen molar-refractivity contribution in [3.8, 4) is 11.4 Å². The van der Waals surface area contributed by atoms with Gasteiger partial charge in [0.15, 0.2) is 5.82 Å². The van der Waals surface area contributed by atoms with Gasteiger partial charge in [0.25, 0.3) is 0 Å². The second kappa shape index (κ2) is 6.63. The summed E-state index contributed by atoms with van der Waals surface area (Å²) in [5.74, 6) is 0.933. The van der Waals surface area contributed by atoms with E-state index in [2.05, 4.69) is 47.1 Å². The van der Waals surface area contributed by atoms with Gasteiger partial charge in [-0.05, 0) is 63.4 Å². The molecule has 2 aromatic rings. The Morgan fingerprint density at radius 3 is 2.55 bits per heavy atom. The van der Waals surface area contributed by atoms with Crippen LogP contribution in [0.4, 0.5) is 10.2 Å². The van der Waals surface area contributed by atoms with Gasteiger partial charge in [-0.1, -0.05) is 6.92 Å². The molecule has 0 fully saturated rings. The normalized spacial score (nSPS) is 10.7. The third kappa shape index (κ3) is 3.17. The summed E-state index contributed by atoms with van der Waals surface area (Å²) in [5.41, 5.74) is 1.56. The molecule has 0 atom stereocenters. The summed E-state index contributed by atoms with van der Waals surface area (Å²) in [5, 5.41) is 3.19. The quantitative estimate of drug-likeness (QED) is 0.797. The van der Waals surface area contributed by atoms with Crippen molar-refractivity contribution in [1.29, 1.82) is 0 Å². The predicted octanol–water partition coefficient (Wildman–Crippen LogP) is 4.80. The van der Waals surface area contributed by atoms with E-state index < -0.39 is 0 Å². The number of hydrogen-bond donors (Lipinski definition) is 1. The third-order valence-electron chi connectivity index (χ3n) is 2.78. The van der Waals surface area contributed by atoms with Crippen molar-refractivity contribution in [3.05, 3.63) is 38.7 Å². The Bertz CT molecular complexity index is 632. The molecule has 0 aliphatic carbocycles. The van der Waals surface area contributed by atoms with E-state index in [1.807, 2.05) is 13.8 Å². The van der Waals surface area contributed by atoms with Crippen molar-refractivity contribution in [2.45, 2.75) is 20.3 Å². The lowest BCUT2D eigenvalue weighted by Gasteiger charge is -2.11. The van der Waals surface area contributed by atoms with E-state index in [-0.39, 0.29) is 5.82 Å². The number of nitrogens with zero attached hydrogens (tertiary/aromatic N) is 2. The molecule has 1 heterocycles. The lowest BCUT2D eigenvalue weighted by atomic mass is 10.2. The Labute approximate surface area is 134 Å². The van der Waals surface area contributed by atoms with Crippen molar-refractivity contribution in [1.82, 2.24) is 9.97 Å². The molecule has 20 heavy (non-hydrogen) atoms. The van der Waals surface area contributed by atoms with Gasteiger partial charge in [-0.15, -0.1) is 0 Å². The van der Waals surface area contributed by atoms with Crippen molar-refractivity contribution >= 4 is 37.7 Å². The van der Waals surface area contributed by atoms with E-state index in [0.717, 1.165) is 29.0 Å². The molecule has 1 N–H and O–H groups in total. The zero-order valence-corrected chi connectivity index (χ0v) is 14.3. The van der Waals surface area contributed by atoms with Crippen LogP contribution in [0.15, 0.2) is 27.1 Å². The first-order chi connectivity index (χ1) is 9.56. The molecule has 6 heteroatoms. The van der Waals surface area contributed by atoms with Crippen LogP contribution in [0.1, 0.15) is 19.5 Å². The monoisotopic (exact) mass is 401 g/mol. The van der Waals surface area contributed by atoms with Crippen LogP contribution in [0.3, 0.4) is 0 Å². The van der Waals surface area contributed by atoms with Gasteiger partial charge in [0, 0.05) is 12.1 Å². The fraction of sp³-hybridized carbons (Fsp3) is 0.286. The fourth-order valence-corrected chi connectivity index (χ4v) is 2.62. The first-order valence-electron chi connectivity index (χ1n) is 6.32. The van der Waals surface area contributed by atoms with Gasteiger partial charge in [-0.2, -0.15) is 0 Å². The van der Waals surface area contributed by atoms with E-state index >= 15 is 0 Å². The highest BCUT2D eigenvalue weighted by molar-refractivity contribution is 9.11. The summed E-state index contributed by atoms with van der Waals surface area (Å²) in [7, 11) is 0. The minimum absolute atomic E-state index is 0.322. The molecule has 0 saturated heterocycles. The van der Waals surface area contributed by atoms with Gasteiger partial charge in [0.05, 0.1) is 14.6 Å². The van der Waals surface area contributed by atoms with Gasteiger partial charge < -0.3 is 5.32 Å². The number of nitrogens with one attached hydrogen (secondary N) is 1. The Kier molecular flexibility index (Phi) is 5.10. The molecule has 0 aliphatic rings. The lowest BCUT2D eigenvalue weighted by molar-refractivity contribution is 0.621. The van der Waals surface area contributed by atoms with Crippen LogP contribution in [0.2, 0.25) is 0 Å². The zero-order chi connectivity index (χ0) is 14.7. The molecule has 1 aromatic heterocycles. The average Bonchev–Trinajstić information content (AvgIpc) is 2.44. The Morgan fingerprint density at radius 2 is 1.95 bits per heavy atom. The molecule has 1 aromatic carbocycles. The highest BCUT2D eigenvalue weighted by Crippen LogP contribution is 2.29. The third-order valence-corrected chi connectivity index (χ3v) is 4.25. The highest BCUT2D eigenvalue weighted by atomic mass is 79.9. The molecule has 0 saturated carbocycles. The van der Waals surface area contributed by atoms with Crippen LogP contribution >= 0.6 is 31.9 Å². The number of aromatic nitrogens is 2. The maximum Gasteiger partial charge on any atom is 0.161 e. The first-order valence-corrected chi connectivity index (χ1v) is 7.91. The number of halogens is 3. The largest absolute Gasteiger partial charge is 0.369 e. The zero-order valence-electron chi connectivity index (χ0n) is 11.2. The highest BCUT2D eigenvalue weighted by Gasteiger charge is 2.13. The minimum Gasteiger partial charge on any atom is -0.369 e. The van der Waals surface area contributed by atoms with Crippen molar-refractivity contribution in [3.63, 3.8) is 0 Å². The van der Waals surface area contributed by atoms with Gasteiger partial charge in [-0.25, -0.2) is 14.4 Å². The number of hydrogen-bond acceptors (Lipinski definition) is 3. The molecule has 3 nitrogen and oxygen atoms in total.